The van der Waals surface area contributed by atoms with Crippen molar-refractivity contribution in [3.05, 3.63) is 23.1 Å². The second-order valence-electron chi connectivity index (χ2n) is 5.80. The van der Waals surface area contributed by atoms with Gasteiger partial charge in [-0.3, -0.25) is 9.59 Å². The molecule has 1 N–H and O–H groups in total. The van der Waals surface area contributed by atoms with Gasteiger partial charge in [0.1, 0.15) is 0 Å². The van der Waals surface area contributed by atoms with Gasteiger partial charge in [-0.25, -0.2) is 0 Å². The van der Waals surface area contributed by atoms with Gasteiger partial charge in [0.15, 0.2) is 11.0 Å². The van der Waals surface area contributed by atoms with E-state index in [0.29, 0.717) is 26.1 Å². The molecule has 1 amide bonds. The van der Waals surface area contributed by atoms with Gasteiger partial charge < -0.3 is 19.2 Å². The molecule has 2 atom stereocenters. The van der Waals surface area contributed by atoms with Crippen LogP contribution in [0.15, 0.2) is 16.5 Å². The van der Waals surface area contributed by atoms with Crippen molar-refractivity contribution in [3.63, 3.8) is 0 Å². The van der Waals surface area contributed by atoms with E-state index in [9.17, 15) is 14.7 Å². The summed E-state index contributed by atoms with van der Waals surface area (Å²) >= 11 is 5.69. The van der Waals surface area contributed by atoms with Crippen LogP contribution in [0.2, 0.25) is 5.22 Å². The standard InChI is InChI=1S/C15H18ClNO5/c16-12-2-1-11(22-12)14(18)17-6-3-9(4-7-17)13-10(15(19)20)5-8-21-13/h1-2,9-10,13H,3-8H2,(H,19,20)/t10?,13-/m0/s1. The largest absolute Gasteiger partial charge is 0.481 e. The summed E-state index contributed by atoms with van der Waals surface area (Å²) in [5.74, 6) is -0.952. The minimum Gasteiger partial charge on any atom is -0.481 e. The van der Waals surface area contributed by atoms with Crippen LogP contribution in [0.25, 0.3) is 0 Å². The van der Waals surface area contributed by atoms with Gasteiger partial charge in [-0.1, -0.05) is 0 Å². The second-order valence-corrected chi connectivity index (χ2v) is 6.17. The van der Waals surface area contributed by atoms with E-state index in [2.05, 4.69) is 0 Å². The average molecular weight is 328 g/mol. The summed E-state index contributed by atoms with van der Waals surface area (Å²) in [5, 5.41) is 9.43. The van der Waals surface area contributed by atoms with E-state index in [0.717, 1.165) is 12.8 Å². The Labute approximate surface area is 133 Å². The Morgan fingerprint density at radius 2 is 1.95 bits per heavy atom. The predicted octanol–water partition coefficient (Wildman–Crippen LogP) is 2.27. The fraction of sp³-hybridized carbons (Fsp3) is 0.600. The van der Waals surface area contributed by atoms with Gasteiger partial charge in [-0.15, -0.1) is 0 Å². The van der Waals surface area contributed by atoms with Gasteiger partial charge >= 0.3 is 5.97 Å². The third-order valence-corrected chi connectivity index (χ3v) is 4.73. The number of aliphatic carboxylic acids is 1. The zero-order valence-corrected chi connectivity index (χ0v) is 12.8. The summed E-state index contributed by atoms with van der Waals surface area (Å²) < 4.78 is 10.8. The van der Waals surface area contributed by atoms with Gasteiger partial charge in [0.2, 0.25) is 0 Å². The van der Waals surface area contributed by atoms with Crippen LogP contribution in [-0.2, 0) is 9.53 Å². The molecule has 6 nitrogen and oxygen atoms in total. The number of hydrogen-bond donors (Lipinski definition) is 1. The molecule has 0 aliphatic carbocycles. The first kappa shape index (κ1) is 15.4. The molecule has 120 valence electrons. The number of likely N-dealkylation sites (tertiary alicyclic amines) is 1. The van der Waals surface area contributed by atoms with Crippen LogP contribution in [0.3, 0.4) is 0 Å². The van der Waals surface area contributed by atoms with Crippen LogP contribution in [0.5, 0.6) is 0 Å². The quantitative estimate of drug-likeness (QED) is 0.921. The van der Waals surface area contributed by atoms with Gasteiger partial charge in [-0.2, -0.15) is 0 Å². The van der Waals surface area contributed by atoms with Crippen molar-refractivity contribution < 1.29 is 23.8 Å². The maximum atomic E-state index is 12.3. The number of carboxylic acids is 1. The Kier molecular flexibility index (Phi) is 4.40. The van der Waals surface area contributed by atoms with Crippen LogP contribution in [0.1, 0.15) is 29.8 Å². The first-order valence-corrected chi connectivity index (χ1v) is 7.83. The summed E-state index contributed by atoms with van der Waals surface area (Å²) in [5.41, 5.74) is 0. The Hall–Kier alpha value is -1.53. The number of carbonyl (C=O) groups is 2. The summed E-state index contributed by atoms with van der Waals surface area (Å²) in [6.07, 6.45) is 1.83. The van der Waals surface area contributed by atoms with Crippen LogP contribution in [-0.4, -0.2) is 47.7 Å². The van der Waals surface area contributed by atoms with Crippen molar-refractivity contribution in [2.75, 3.05) is 19.7 Å². The highest BCUT2D eigenvalue weighted by Gasteiger charge is 2.41. The molecule has 2 aliphatic heterocycles. The molecule has 7 heteroatoms. The molecular formula is C15H18ClNO5. The Morgan fingerprint density at radius 3 is 2.55 bits per heavy atom. The highest BCUT2D eigenvalue weighted by molar-refractivity contribution is 6.29. The lowest BCUT2D eigenvalue weighted by molar-refractivity contribution is -0.145. The molecule has 1 aromatic heterocycles. The van der Waals surface area contributed by atoms with Crippen molar-refractivity contribution >= 4 is 23.5 Å². The van der Waals surface area contributed by atoms with Crippen molar-refractivity contribution in [1.29, 1.82) is 0 Å². The Balaban J connectivity index is 1.58. The van der Waals surface area contributed by atoms with E-state index >= 15 is 0 Å². The van der Waals surface area contributed by atoms with Gasteiger partial charge in [0.25, 0.3) is 5.91 Å². The number of ether oxygens (including phenoxy) is 1. The fourth-order valence-electron chi connectivity index (χ4n) is 3.36. The molecule has 1 aromatic rings. The summed E-state index contributed by atoms with van der Waals surface area (Å²) in [6.45, 7) is 1.66. The van der Waals surface area contributed by atoms with E-state index in [1.807, 2.05) is 0 Å². The molecule has 3 rings (SSSR count). The number of hydrogen-bond acceptors (Lipinski definition) is 4. The first-order chi connectivity index (χ1) is 10.6. The van der Waals surface area contributed by atoms with Crippen LogP contribution in [0.4, 0.5) is 0 Å². The van der Waals surface area contributed by atoms with Gasteiger partial charge in [0.05, 0.1) is 12.0 Å². The molecule has 2 saturated heterocycles. The molecule has 2 aliphatic rings. The average Bonchev–Trinajstić information content (AvgIpc) is 3.15. The normalized spacial score (nSPS) is 26.3. The van der Waals surface area contributed by atoms with E-state index in [4.69, 9.17) is 20.8 Å². The van der Waals surface area contributed by atoms with Crippen LogP contribution < -0.4 is 0 Å². The van der Waals surface area contributed by atoms with Crippen LogP contribution in [0, 0.1) is 11.8 Å². The van der Waals surface area contributed by atoms with Crippen molar-refractivity contribution in [1.82, 2.24) is 4.90 Å². The number of halogens is 1. The maximum absolute atomic E-state index is 12.3. The summed E-state index contributed by atoms with van der Waals surface area (Å²) in [6, 6.07) is 3.11. The maximum Gasteiger partial charge on any atom is 0.309 e. The number of nitrogens with zero attached hydrogens (tertiary/aromatic N) is 1. The third kappa shape index (κ3) is 2.98. The number of carbonyl (C=O) groups excluding carboxylic acids is 1. The first-order valence-electron chi connectivity index (χ1n) is 7.45. The lowest BCUT2D eigenvalue weighted by atomic mass is 9.84. The van der Waals surface area contributed by atoms with E-state index in [1.165, 1.54) is 0 Å². The Morgan fingerprint density at radius 1 is 1.23 bits per heavy atom. The molecule has 1 unspecified atom stereocenters. The highest BCUT2D eigenvalue weighted by Crippen LogP contribution is 2.33. The van der Waals surface area contributed by atoms with E-state index in [1.54, 1.807) is 17.0 Å². The molecule has 0 bridgehead atoms. The number of furan rings is 1. The summed E-state index contributed by atoms with van der Waals surface area (Å²) in [7, 11) is 0. The topological polar surface area (TPSA) is 80.0 Å². The van der Waals surface area contributed by atoms with Gasteiger partial charge in [-0.05, 0) is 48.9 Å². The third-order valence-electron chi connectivity index (χ3n) is 4.53. The minimum atomic E-state index is -0.786. The van der Waals surface area contributed by atoms with Crippen molar-refractivity contribution in [2.45, 2.75) is 25.4 Å². The minimum absolute atomic E-state index is 0.174. The SMILES string of the molecule is O=C(O)C1CCO[C@H]1C1CCN(C(=O)c2ccc(Cl)o2)CC1. The van der Waals surface area contributed by atoms with Crippen LogP contribution >= 0.6 is 11.6 Å². The molecular weight excluding hydrogens is 310 g/mol. The smallest absolute Gasteiger partial charge is 0.309 e. The molecule has 0 spiro atoms. The number of amides is 1. The molecule has 0 aromatic carbocycles. The second kappa shape index (κ2) is 6.30. The zero-order chi connectivity index (χ0) is 15.7. The lowest BCUT2D eigenvalue weighted by Crippen LogP contribution is -2.43. The highest BCUT2D eigenvalue weighted by atomic mass is 35.5. The molecule has 3 heterocycles. The molecule has 2 fully saturated rings. The Bertz CT molecular complexity index is 564. The molecule has 22 heavy (non-hydrogen) atoms. The van der Waals surface area contributed by atoms with Gasteiger partial charge in [0, 0.05) is 19.7 Å². The van der Waals surface area contributed by atoms with Crippen molar-refractivity contribution in [2.24, 2.45) is 11.8 Å². The van der Waals surface area contributed by atoms with E-state index < -0.39 is 11.9 Å². The predicted molar refractivity (Wildman–Crippen MR) is 77.8 cm³/mol. The fourth-order valence-corrected chi connectivity index (χ4v) is 3.50. The van der Waals surface area contributed by atoms with Crippen molar-refractivity contribution in [3.8, 4) is 0 Å². The van der Waals surface area contributed by atoms with E-state index in [-0.39, 0.29) is 28.9 Å². The molecule has 0 saturated carbocycles. The zero-order valence-electron chi connectivity index (χ0n) is 12.0. The molecule has 0 radical (unpaired) electrons. The monoisotopic (exact) mass is 327 g/mol. The number of piperidine rings is 1. The number of rotatable bonds is 3. The summed E-state index contributed by atoms with van der Waals surface area (Å²) in [4.78, 5) is 25.2. The number of carboxylic acid groups (broad SMARTS) is 1. The lowest BCUT2D eigenvalue weighted by Gasteiger charge is -2.35.